The number of fused-ring (bicyclic) bond motifs is 1. The molecule has 1 N–H and O–H groups in total. The fourth-order valence-electron chi connectivity index (χ4n) is 2.63. The van der Waals surface area contributed by atoms with Crippen molar-refractivity contribution in [1.29, 1.82) is 0 Å². The predicted molar refractivity (Wildman–Crippen MR) is 101 cm³/mol. The Bertz CT molecular complexity index is 1400. The molecule has 0 aliphatic carbocycles. The largest absolute Gasteiger partial charge is 0.371 e. The van der Waals surface area contributed by atoms with E-state index in [1.54, 1.807) is 0 Å². The molecule has 0 saturated carbocycles. The summed E-state index contributed by atoms with van der Waals surface area (Å²) in [6.07, 6.45) is 0. The molecule has 0 aliphatic rings. The summed E-state index contributed by atoms with van der Waals surface area (Å²) in [5.41, 5.74) is -1.87. The average molecular weight is 454 g/mol. The summed E-state index contributed by atoms with van der Waals surface area (Å²) in [6, 6.07) is 9.45. The van der Waals surface area contributed by atoms with Gasteiger partial charge in [0.25, 0.3) is 15.8 Å². The van der Waals surface area contributed by atoms with E-state index < -0.39 is 57.5 Å². The number of non-ortho nitro benzene ring substituents is 1. The minimum atomic E-state index is -4.82. The highest BCUT2D eigenvalue weighted by Crippen LogP contribution is 2.43. The maximum Gasteiger partial charge on any atom is 0.339 e. The molecule has 0 fully saturated rings. The number of nitro benzene ring substituents is 2. The topological polar surface area (TPSA) is 184 Å². The number of hydrogen-bond acceptors (Lipinski definition) is 9. The lowest BCUT2D eigenvalue weighted by Gasteiger charge is -2.11. The average Bonchev–Trinajstić information content (AvgIpc) is 2.67. The maximum absolute atomic E-state index is 12.6. The van der Waals surface area contributed by atoms with Gasteiger partial charge in [-0.25, -0.2) is 0 Å². The molecule has 3 rings (SSSR count). The van der Waals surface area contributed by atoms with Crippen LogP contribution in [-0.4, -0.2) is 31.2 Å². The molecular formula is C16H10N2O10S2. The van der Waals surface area contributed by atoms with Gasteiger partial charge in [-0.05, 0) is 30.3 Å². The van der Waals surface area contributed by atoms with E-state index in [2.05, 4.69) is 0 Å². The van der Waals surface area contributed by atoms with Crippen LogP contribution in [0.4, 0.5) is 11.4 Å². The van der Waals surface area contributed by atoms with Gasteiger partial charge < -0.3 is 4.18 Å². The van der Waals surface area contributed by atoms with Crippen LogP contribution in [0.25, 0.3) is 10.8 Å². The first-order valence-corrected chi connectivity index (χ1v) is 10.6. The Balaban J connectivity index is 2.41. The molecule has 0 heterocycles. The number of benzene rings is 3. The van der Waals surface area contributed by atoms with Crippen molar-refractivity contribution in [3.63, 3.8) is 0 Å². The van der Waals surface area contributed by atoms with Crippen LogP contribution in [0, 0.1) is 20.2 Å². The Kier molecular flexibility index (Phi) is 5.15. The molecule has 0 aliphatic heterocycles. The number of hydrogen-bond donors (Lipinski definition) is 1. The van der Waals surface area contributed by atoms with Crippen molar-refractivity contribution in [2.24, 2.45) is 0 Å². The first-order valence-electron chi connectivity index (χ1n) is 7.78. The third-order valence-electron chi connectivity index (χ3n) is 3.93. The molecule has 0 saturated heterocycles. The van der Waals surface area contributed by atoms with Crippen LogP contribution in [0.2, 0.25) is 0 Å². The second-order valence-corrected chi connectivity index (χ2v) is 8.76. The van der Waals surface area contributed by atoms with E-state index in [1.807, 2.05) is 0 Å². The van der Waals surface area contributed by atoms with Crippen molar-refractivity contribution >= 4 is 42.4 Å². The van der Waals surface area contributed by atoms with E-state index in [4.69, 9.17) is 4.18 Å². The summed E-state index contributed by atoms with van der Waals surface area (Å²) in [5, 5.41) is 21.9. The second-order valence-electron chi connectivity index (χ2n) is 5.79. The second kappa shape index (κ2) is 7.33. The van der Waals surface area contributed by atoms with Crippen LogP contribution in [0.3, 0.4) is 0 Å². The molecular weight excluding hydrogens is 444 g/mol. The minimum absolute atomic E-state index is 0.337. The van der Waals surface area contributed by atoms with Gasteiger partial charge >= 0.3 is 15.8 Å². The minimum Gasteiger partial charge on any atom is -0.371 e. The highest BCUT2D eigenvalue weighted by atomic mass is 32.2. The van der Waals surface area contributed by atoms with Crippen LogP contribution < -0.4 is 4.18 Å². The molecule has 14 heteroatoms. The van der Waals surface area contributed by atoms with Gasteiger partial charge in [0, 0.05) is 5.39 Å². The Morgan fingerprint density at radius 3 is 1.90 bits per heavy atom. The van der Waals surface area contributed by atoms with Crippen molar-refractivity contribution in [2.45, 2.75) is 9.79 Å². The first kappa shape index (κ1) is 21.1. The fourth-order valence-corrected chi connectivity index (χ4v) is 4.11. The van der Waals surface area contributed by atoms with Crippen molar-refractivity contribution in [3.05, 3.63) is 74.8 Å². The summed E-state index contributed by atoms with van der Waals surface area (Å²) >= 11 is 0. The van der Waals surface area contributed by atoms with E-state index in [0.29, 0.717) is 12.1 Å². The quantitative estimate of drug-likeness (QED) is 0.251. The Morgan fingerprint density at radius 1 is 0.767 bits per heavy atom. The molecule has 3 aromatic carbocycles. The lowest BCUT2D eigenvalue weighted by Crippen LogP contribution is -2.11. The maximum atomic E-state index is 12.6. The van der Waals surface area contributed by atoms with Crippen LogP contribution in [0.5, 0.6) is 5.75 Å². The molecule has 0 atom stereocenters. The first-order chi connectivity index (χ1) is 13.9. The molecule has 0 aromatic heterocycles. The number of nitrogens with zero attached hydrogens (tertiary/aromatic N) is 2. The third-order valence-corrected chi connectivity index (χ3v) is 6.02. The molecule has 0 amide bonds. The molecule has 156 valence electrons. The third kappa shape index (κ3) is 3.91. The number of nitro groups is 2. The van der Waals surface area contributed by atoms with E-state index in [-0.39, 0.29) is 10.3 Å². The van der Waals surface area contributed by atoms with Crippen LogP contribution in [-0.2, 0) is 20.2 Å². The van der Waals surface area contributed by atoms with Crippen molar-refractivity contribution < 1.29 is 35.4 Å². The van der Waals surface area contributed by atoms with Crippen molar-refractivity contribution in [1.82, 2.24) is 0 Å². The summed E-state index contributed by atoms with van der Waals surface area (Å²) < 4.78 is 62.3. The smallest absolute Gasteiger partial charge is 0.339 e. The lowest BCUT2D eigenvalue weighted by molar-refractivity contribution is -0.393. The summed E-state index contributed by atoms with van der Waals surface area (Å²) in [7, 11) is -9.45. The predicted octanol–water partition coefficient (Wildman–Crippen LogP) is 2.67. The Labute approximate surface area is 168 Å². The van der Waals surface area contributed by atoms with Gasteiger partial charge in [0.1, 0.15) is 4.90 Å². The van der Waals surface area contributed by atoms with E-state index in [1.165, 1.54) is 18.2 Å². The van der Waals surface area contributed by atoms with Crippen LogP contribution in [0.1, 0.15) is 0 Å². The van der Waals surface area contributed by atoms with E-state index in [0.717, 1.165) is 24.3 Å². The SMILES string of the molecule is O=[N+]([O-])c1cc([N+](=O)[O-])c2ccc(S(=O)(=O)O)cc2c1OS(=O)(=O)c1ccccc1. The molecule has 12 nitrogen and oxygen atoms in total. The van der Waals surface area contributed by atoms with Crippen molar-refractivity contribution in [3.8, 4) is 5.75 Å². The monoisotopic (exact) mass is 454 g/mol. The van der Waals surface area contributed by atoms with E-state index >= 15 is 0 Å². The molecule has 0 radical (unpaired) electrons. The zero-order valence-electron chi connectivity index (χ0n) is 14.5. The highest BCUT2D eigenvalue weighted by Gasteiger charge is 2.31. The zero-order valence-corrected chi connectivity index (χ0v) is 16.2. The lowest BCUT2D eigenvalue weighted by atomic mass is 10.1. The van der Waals surface area contributed by atoms with Gasteiger partial charge in [-0.15, -0.1) is 0 Å². The highest BCUT2D eigenvalue weighted by molar-refractivity contribution is 7.87. The Hall–Kier alpha value is -3.62. The molecule has 0 unspecified atom stereocenters. The Morgan fingerprint density at radius 2 is 1.37 bits per heavy atom. The standard InChI is InChI=1S/C16H10N2O10S2/c19-17(20)14-9-15(18(21)22)16(28-30(26,27)10-4-2-1-3-5-10)13-8-11(29(23,24)25)6-7-12(13)14/h1-9H,(H,23,24,25). The van der Waals surface area contributed by atoms with Crippen LogP contribution >= 0.6 is 0 Å². The summed E-state index contributed by atoms with van der Waals surface area (Å²) in [5.74, 6) is -0.935. The molecule has 0 spiro atoms. The van der Waals surface area contributed by atoms with Gasteiger partial charge in [0.15, 0.2) is 0 Å². The van der Waals surface area contributed by atoms with Gasteiger partial charge in [-0.3, -0.25) is 24.8 Å². The summed E-state index contributed by atoms with van der Waals surface area (Å²) in [6.45, 7) is 0. The molecule has 0 bridgehead atoms. The fraction of sp³-hybridized carbons (Fsp3) is 0. The van der Waals surface area contributed by atoms with Crippen molar-refractivity contribution in [2.75, 3.05) is 0 Å². The number of rotatable bonds is 6. The normalized spacial score (nSPS) is 11.9. The molecule has 3 aromatic rings. The van der Waals surface area contributed by atoms with Gasteiger partial charge in [0.05, 0.1) is 26.2 Å². The van der Waals surface area contributed by atoms with Gasteiger partial charge in [-0.2, -0.15) is 16.8 Å². The van der Waals surface area contributed by atoms with E-state index in [9.17, 15) is 41.6 Å². The van der Waals surface area contributed by atoms with Crippen LogP contribution in [0.15, 0.2) is 64.4 Å². The summed E-state index contributed by atoms with van der Waals surface area (Å²) in [4.78, 5) is 19.6. The molecule has 30 heavy (non-hydrogen) atoms. The van der Waals surface area contributed by atoms with Gasteiger partial charge in [-0.1, -0.05) is 18.2 Å². The van der Waals surface area contributed by atoms with Gasteiger partial charge in [0.2, 0.25) is 5.75 Å². The zero-order chi connectivity index (χ0) is 22.3.